The highest BCUT2D eigenvalue weighted by atomic mass is 19.3. The molecular formula is C15H22F2N4O2. The van der Waals surface area contributed by atoms with Gasteiger partial charge in [-0.1, -0.05) is 26.7 Å². The molecule has 1 aromatic rings. The van der Waals surface area contributed by atoms with Crippen LogP contribution in [0.25, 0.3) is 0 Å². The molecule has 23 heavy (non-hydrogen) atoms. The van der Waals surface area contributed by atoms with Crippen LogP contribution in [0.15, 0.2) is 22.1 Å². The van der Waals surface area contributed by atoms with E-state index in [0.29, 0.717) is 12.5 Å². The zero-order chi connectivity index (χ0) is 17.0. The van der Waals surface area contributed by atoms with Crippen LogP contribution in [0.2, 0.25) is 0 Å². The molecule has 0 bridgehead atoms. The van der Waals surface area contributed by atoms with Gasteiger partial charge in [-0.15, -0.1) is 0 Å². The van der Waals surface area contributed by atoms with E-state index < -0.39 is 30.4 Å². The molecule has 1 saturated heterocycles. The Morgan fingerprint density at radius 1 is 1.57 bits per heavy atom. The zero-order valence-electron chi connectivity index (χ0n) is 13.3. The van der Waals surface area contributed by atoms with E-state index in [2.05, 4.69) is 23.8 Å². The van der Waals surface area contributed by atoms with Crippen LogP contribution in [-0.4, -0.2) is 34.3 Å². The SMILES string of the molecule is CCC(CC)CN=C[C@@H]1CC(F)(F)[C@H](n2ccc(N)nc2=O)O1. The van der Waals surface area contributed by atoms with E-state index in [0.717, 1.165) is 17.4 Å². The van der Waals surface area contributed by atoms with Gasteiger partial charge in [0.1, 0.15) is 11.9 Å². The van der Waals surface area contributed by atoms with Gasteiger partial charge in [0.05, 0.1) is 0 Å². The molecule has 128 valence electrons. The number of alkyl halides is 2. The molecule has 0 amide bonds. The molecular weight excluding hydrogens is 306 g/mol. The van der Waals surface area contributed by atoms with E-state index >= 15 is 0 Å². The monoisotopic (exact) mass is 328 g/mol. The van der Waals surface area contributed by atoms with Crippen molar-refractivity contribution in [3.05, 3.63) is 22.7 Å². The van der Waals surface area contributed by atoms with E-state index in [-0.39, 0.29) is 5.82 Å². The standard InChI is InChI=1S/C15H22F2N4O2/c1-3-10(4-2)8-19-9-11-7-15(16,17)13(23-11)21-6-5-12(18)20-14(21)22/h5-6,9-11,13H,3-4,7-8H2,1-2H3,(H2,18,20,22)/t11-,13+/m0/s1. The molecule has 1 fully saturated rings. The molecule has 2 atom stereocenters. The van der Waals surface area contributed by atoms with Gasteiger partial charge < -0.3 is 10.5 Å². The van der Waals surface area contributed by atoms with Crippen LogP contribution in [0.3, 0.4) is 0 Å². The van der Waals surface area contributed by atoms with E-state index in [1.165, 1.54) is 18.5 Å². The summed E-state index contributed by atoms with van der Waals surface area (Å²) in [5, 5.41) is 0. The predicted octanol–water partition coefficient (Wildman–Crippen LogP) is 2.26. The van der Waals surface area contributed by atoms with Gasteiger partial charge in [0, 0.05) is 25.4 Å². The smallest absolute Gasteiger partial charge is 0.351 e. The van der Waals surface area contributed by atoms with Crippen LogP contribution in [0, 0.1) is 5.92 Å². The third-order valence-corrected chi connectivity index (χ3v) is 4.03. The third-order valence-electron chi connectivity index (χ3n) is 4.03. The average molecular weight is 328 g/mol. The number of ether oxygens (including phenoxy) is 1. The van der Waals surface area contributed by atoms with Gasteiger partial charge in [0.2, 0.25) is 6.23 Å². The molecule has 0 aliphatic carbocycles. The topological polar surface area (TPSA) is 82.5 Å². The lowest BCUT2D eigenvalue weighted by Crippen LogP contribution is -2.35. The molecule has 0 spiro atoms. The van der Waals surface area contributed by atoms with Crippen molar-refractivity contribution < 1.29 is 13.5 Å². The van der Waals surface area contributed by atoms with Crippen LogP contribution in [0.1, 0.15) is 39.3 Å². The molecule has 8 heteroatoms. The highest BCUT2D eigenvalue weighted by Gasteiger charge is 2.51. The molecule has 2 rings (SSSR count). The third kappa shape index (κ3) is 4.13. The maximum absolute atomic E-state index is 14.1. The number of hydrogen-bond donors (Lipinski definition) is 1. The average Bonchev–Trinajstić information content (AvgIpc) is 2.78. The number of hydrogen-bond acceptors (Lipinski definition) is 5. The lowest BCUT2D eigenvalue weighted by molar-refractivity contribution is -0.112. The number of aromatic nitrogens is 2. The van der Waals surface area contributed by atoms with Gasteiger partial charge in [-0.05, 0) is 12.0 Å². The summed E-state index contributed by atoms with van der Waals surface area (Å²) in [6, 6.07) is 1.29. The largest absolute Gasteiger partial charge is 0.383 e. The Kier molecular flexibility index (Phi) is 5.46. The minimum atomic E-state index is -3.17. The maximum atomic E-state index is 14.1. The second-order valence-corrected chi connectivity index (χ2v) is 5.73. The fourth-order valence-electron chi connectivity index (χ4n) is 2.52. The molecule has 2 heterocycles. The minimum absolute atomic E-state index is 0.0177. The summed E-state index contributed by atoms with van der Waals surface area (Å²) in [6.07, 6.45) is 1.55. The molecule has 1 aromatic heterocycles. The minimum Gasteiger partial charge on any atom is -0.383 e. The second-order valence-electron chi connectivity index (χ2n) is 5.73. The molecule has 6 nitrogen and oxygen atoms in total. The van der Waals surface area contributed by atoms with Crippen LogP contribution < -0.4 is 11.4 Å². The molecule has 0 unspecified atom stereocenters. The van der Waals surface area contributed by atoms with Crippen LogP contribution >= 0.6 is 0 Å². The van der Waals surface area contributed by atoms with Crippen molar-refractivity contribution in [3.63, 3.8) is 0 Å². The van der Waals surface area contributed by atoms with Gasteiger partial charge >= 0.3 is 5.69 Å². The summed E-state index contributed by atoms with van der Waals surface area (Å²) >= 11 is 0. The number of rotatable bonds is 6. The first kappa shape index (κ1) is 17.5. The normalized spacial score (nSPS) is 23.9. The predicted molar refractivity (Wildman–Crippen MR) is 83.8 cm³/mol. The van der Waals surface area contributed by atoms with Crippen molar-refractivity contribution in [1.82, 2.24) is 9.55 Å². The molecule has 1 aliphatic heterocycles. The zero-order valence-corrected chi connectivity index (χ0v) is 13.3. The van der Waals surface area contributed by atoms with Crippen molar-refractivity contribution in [2.45, 2.75) is 51.4 Å². The summed E-state index contributed by atoms with van der Waals surface area (Å²) < 4.78 is 34.4. The van der Waals surface area contributed by atoms with Gasteiger partial charge in [-0.2, -0.15) is 4.98 Å². The van der Waals surface area contributed by atoms with E-state index in [1.54, 1.807) is 0 Å². The number of nitrogens with two attached hydrogens (primary N) is 1. The molecule has 2 N–H and O–H groups in total. The Morgan fingerprint density at radius 2 is 2.26 bits per heavy atom. The summed E-state index contributed by atoms with van der Waals surface area (Å²) in [6.45, 7) is 4.73. The Balaban J connectivity index is 2.09. The number of anilines is 1. The van der Waals surface area contributed by atoms with Crippen molar-refractivity contribution in [1.29, 1.82) is 0 Å². The van der Waals surface area contributed by atoms with Crippen molar-refractivity contribution >= 4 is 12.0 Å². The second kappa shape index (κ2) is 7.16. The Morgan fingerprint density at radius 3 is 2.87 bits per heavy atom. The summed E-state index contributed by atoms with van der Waals surface area (Å²) in [7, 11) is 0. The fourth-order valence-corrected chi connectivity index (χ4v) is 2.52. The van der Waals surface area contributed by atoms with E-state index in [4.69, 9.17) is 10.5 Å². The van der Waals surface area contributed by atoms with Crippen LogP contribution in [-0.2, 0) is 4.74 Å². The number of nitrogen functional groups attached to an aromatic ring is 1. The highest BCUT2D eigenvalue weighted by molar-refractivity contribution is 5.63. The highest BCUT2D eigenvalue weighted by Crippen LogP contribution is 2.41. The first-order valence-corrected chi connectivity index (χ1v) is 7.75. The van der Waals surface area contributed by atoms with Gasteiger partial charge in [0.25, 0.3) is 5.92 Å². The molecule has 0 saturated carbocycles. The van der Waals surface area contributed by atoms with Crippen molar-refractivity contribution in [3.8, 4) is 0 Å². The lowest BCUT2D eigenvalue weighted by atomic mass is 10.0. The van der Waals surface area contributed by atoms with Crippen molar-refractivity contribution in [2.75, 3.05) is 12.3 Å². The number of halogens is 2. The summed E-state index contributed by atoms with van der Waals surface area (Å²) in [4.78, 5) is 19.4. The molecule has 1 aliphatic rings. The Bertz CT molecular complexity index is 614. The van der Waals surface area contributed by atoms with Gasteiger partial charge in [-0.3, -0.25) is 9.56 Å². The van der Waals surface area contributed by atoms with E-state index in [9.17, 15) is 13.6 Å². The lowest BCUT2D eigenvalue weighted by Gasteiger charge is -2.19. The Labute approximate surface area is 133 Å². The van der Waals surface area contributed by atoms with Gasteiger partial charge in [0.15, 0.2) is 0 Å². The number of nitrogens with zero attached hydrogens (tertiary/aromatic N) is 3. The summed E-state index contributed by atoms with van der Waals surface area (Å²) in [5.74, 6) is -2.75. The first-order valence-electron chi connectivity index (χ1n) is 7.75. The van der Waals surface area contributed by atoms with Crippen LogP contribution in [0.4, 0.5) is 14.6 Å². The quantitative estimate of drug-likeness (QED) is 0.812. The maximum Gasteiger partial charge on any atom is 0.351 e. The Hall–Kier alpha value is -1.83. The van der Waals surface area contributed by atoms with Crippen LogP contribution in [0.5, 0.6) is 0 Å². The number of aliphatic imine (C=N–C) groups is 1. The van der Waals surface area contributed by atoms with Gasteiger partial charge in [-0.25, -0.2) is 13.6 Å². The fraction of sp³-hybridized carbons (Fsp3) is 0.667. The molecule has 0 aromatic carbocycles. The summed E-state index contributed by atoms with van der Waals surface area (Å²) in [5.41, 5.74) is 4.51. The van der Waals surface area contributed by atoms with E-state index in [1.807, 2.05) is 0 Å². The molecule has 0 radical (unpaired) electrons. The first-order chi connectivity index (χ1) is 10.9. The van der Waals surface area contributed by atoms with Crippen molar-refractivity contribution in [2.24, 2.45) is 10.9 Å².